The molecule has 0 aliphatic heterocycles. The summed E-state index contributed by atoms with van der Waals surface area (Å²) in [7, 11) is 0. The highest BCUT2D eigenvalue weighted by molar-refractivity contribution is 9.10. The van der Waals surface area contributed by atoms with Crippen LogP contribution in [0.4, 0.5) is 0 Å². The van der Waals surface area contributed by atoms with E-state index in [-0.39, 0.29) is 6.61 Å². The highest BCUT2D eigenvalue weighted by Gasteiger charge is 2.15. The molecule has 0 saturated heterocycles. The van der Waals surface area contributed by atoms with E-state index < -0.39 is 0 Å². The van der Waals surface area contributed by atoms with Crippen molar-refractivity contribution in [2.24, 2.45) is 0 Å². The smallest absolute Gasteiger partial charge is 0.153 e. The number of aryl methyl sites for hydroxylation is 2. The molecular weight excluding hydrogens is 344 g/mol. The van der Waals surface area contributed by atoms with E-state index in [2.05, 4.69) is 21.0 Å². The van der Waals surface area contributed by atoms with Gasteiger partial charge < -0.3 is 4.74 Å². The van der Waals surface area contributed by atoms with Crippen molar-refractivity contribution < 1.29 is 9.53 Å². The number of hydrogen-bond donors (Lipinski definition) is 0. The standard InChI is InChI=1S/C14H14BrClN2O2/c1-3-18-12(13(16)9(2)17-18)8-20-14-10(7-19)5-4-6-11(14)15/h4-7H,3,8H2,1-2H3. The first-order valence-electron chi connectivity index (χ1n) is 6.16. The van der Waals surface area contributed by atoms with Crippen molar-refractivity contribution >= 4 is 33.8 Å². The van der Waals surface area contributed by atoms with Gasteiger partial charge in [-0.25, -0.2) is 0 Å². The molecule has 2 rings (SSSR count). The summed E-state index contributed by atoms with van der Waals surface area (Å²) in [5, 5.41) is 4.93. The third-order valence-corrected chi connectivity index (χ3v) is 4.05. The van der Waals surface area contributed by atoms with Crippen molar-refractivity contribution in [1.82, 2.24) is 9.78 Å². The van der Waals surface area contributed by atoms with E-state index in [0.29, 0.717) is 22.9 Å². The number of carbonyl (C=O) groups excluding carboxylic acids is 1. The van der Waals surface area contributed by atoms with E-state index in [9.17, 15) is 4.79 Å². The maximum Gasteiger partial charge on any atom is 0.153 e. The minimum atomic E-state index is 0.261. The van der Waals surface area contributed by atoms with Crippen LogP contribution in [0.3, 0.4) is 0 Å². The Morgan fingerprint density at radius 3 is 2.90 bits per heavy atom. The van der Waals surface area contributed by atoms with Gasteiger partial charge in [-0.1, -0.05) is 17.7 Å². The molecule has 6 heteroatoms. The first kappa shape index (κ1) is 15.1. The Kier molecular flexibility index (Phi) is 4.83. The predicted octanol–water partition coefficient (Wildman–Crippen LogP) is 4.02. The molecule has 1 heterocycles. The molecule has 106 valence electrons. The average molecular weight is 358 g/mol. The second-order valence-corrected chi connectivity index (χ2v) is 5.46. The van der Waals surface area contributed by atoms with Crippen molar-refractivity contribution in [1.29, 1.82) is 0 Å². The summed E-state index contributed by atoms with van der Waals surface area (Å²) in [5.74, 6) is 0.514. The first-order chi connectivity index (χ1) is 9.58. The van der Waals surface area contributed by atoms with Crippen molar-refractivity contribution in [3.63, 3.8) is 0 Å². The van der Waals surface area contributed by atoms with Crippen LogP contribution in [0.25, 0.3) is 0 Å². The lowest BCUT2D eigenvalue weighted by Crippen LogP contribution is -2.07. The fourth-order valence-electron chi connectivity index (χ4n) is 1.92. The zero-order valence-corrected chi connectivity index (χ0v) is 13.5. The fourth-order valence-corrected chi connectivity index (χ4v) is 2.60. The zero-order chi connectivity index (χ0) is 14.7. The van der Waals surface area contributed by atoms with E-state index in [1.165, 1.54) is 0 Å². The Balaban J connectivity index is 2.28. The molecule has 0 saturated carbocycles. The molecular formula is C14H14BrClN2O2. The molecule has 0 bridgehead atoms. The number of aromatic nitrogens is 2. The van der Waals surface area contributed by atoms with Crippen LogP contribution in [0.1, 0.15) is 28.7 Å². The average Bonchev–Trinajstić information content (AvgIpc) is 2.72. The third kappa shape index (κ3) is 2.88. The maximum atomic E-state index is 11.0. The fraction of sp³-hybridized carbons (Fsp3) is 0.286. The lowest BCUT2D eigenvalue weighted by molar-refractivity contribution is 0.111. The van der Waals surface area contributed by atoms with Crippen LogP contribution in [-0.4, -0.2) is 16.1 Å². The summed E-state index contributed by atoms with van der Waals surface area (Å²) in [6.45, 7) is 4.81. The summed E-state index contributed by atoms with van der Waals surface area (Å²) in [5.41, 5.74) is 2.07. The number of para-hydroxylation sites is 1. The number of ether oxygens (including phenoxy) is 1. The van der Waals surface area contributed by atoms with Crippen molar-refractivity contribution in [3.8, 4) is 5.75 Å². The SMILES string of the molecule is CCn1nc(C)c(Cl)c1COc1c(Br)cccc1C=O. The Labute approximate surface area is 130 Å². The summed E-state index contributed by atoms with van der Waals surface area (Å²) in [6, 6.07) is 5.32. The van der Waals surface area contributed by atoms with Crippen LogP contribution in [0.5, 0.6) is 5.75 Å². The molecule has 0 spiro atoms. The quantitative estimate of drug-likeness (QED) is 0.759. The molecule has 0 radical (unpaired) electrons. The predicted molar refractivity (Wildman–Crippen MR) is 81.5 cm³/mol. The minimum absolute atomic E-state index is 0.261. The summed E-state index contributed by atoms with van der Waals surface area (Å²) in [4.78, 5) is 11.0. The summed E-state index contributed by atoms with van der Waals surface area (Å²) >= 11 is 9.61. The lowest BCUT2D eigenvalue weighted by atomic mass is 10.2. The van der Waals surface area contributed by atoms with Gasteiger partial charge in [-0.15, -0.1) is 0 Å². The summed E-state index contributed by atoms with van der Waals surface area (Å²) < 4.78 is 8.29. The van der Waals surface area contributed by atoms with E-state index in [0.717, 1.165) is 22.1 Å². The van der Waals surface area contributed by atoms with Crippen molar-refractivity contribution in [2.45, 2.75) is 27.0 Å². The first-order valence-corrected chi connectivity index (χ1v) is 7.33. The van der Waals surface area contributed by atoms with E-state index >= 15 is 0 Å². The second kappa shape index (κ2) is 6.41. The van der Waals surface area contributed by atoms with Crippen molar-refractivity contribution in [3.05, 3.63) is 44.6 Å². The number of rotatable bonds is 5. The Morgan fingerprint density at radius 2 is 2.25 bits per heavy atom. The number of halogens is 2. The molecule has 0 atom stereocenters. The van der Waals surface area contributed by atoms with E-state index in [4.69, 9.17) is 16.3 Å². The molecule has 0 aliphatic carbocycles. The Morgan fingerprint density at radius 1 is 1.50 bits per heavy atom. The molecule has 4 nitrogen and oxygen atoms in total. The van der Waals surface area contributed by atoms with Gasteiger partial charge in [-0.2, -0.15) is 5.10 Å². The van der Waals surface area contributed by atoms with Gasteiger partial charge in [0, 0.05) is 6.54 Å². The van der Waals surface area contributed by atoms with Crippen LogP contribution in [-0.2, 0) is 13.2 Å². The van der Waals surface area contributed by atoms with Crippen LogP contribution < -0.4 is 4.74 Å². The number of hydrogen-bond acceptors (Lipinski definition) is 3. The van der Waals surface area contributed by atoms with Crippen LogP contribution in [0.15, 0.2) is 22.7 Å². The second-order valence-electron chi connectivity index (χ2n) is 4.23. The van der Waals surface area contributed by atoms with Gasteiger partial charge in [-0.05, 0) is 41.9 Å². The number of carbonyl (C=O) groups is 1. The molecule has 20 heavy (non-hydrogen) atoms. The summed E-state index contributed by atoms with van der Waals surface area (Å²) in [6.07, 6.45) is 0.768. The van der Waals surface area contributed by atoms with Gasteiger partial charge in [0.25, 0.3) is 0 Å². The highest BCUT2D eigenvalue weighted by atomic mass is 79.9. The normalized spacial score (nSPS) is 10.6. The van der Waals surface area contributed by atoms with Crippen LogP contribution in [0.2, 0.25) is 5.02 Å². The topological polar surface area (TPSA) is 44.1 Å². The van der Waals surface area contributed by atoms with E-state index in [1.54, 1.807) is 16.8 Å². The molecule has 2 aromatic rings. The van der Waals surface area contributed by atoms with Crippen LogP contribution >= 0.6 is 27.5 Å². The number of benzene rings is 1. The lowest BCUT2D eigenvalue weighted by Gasteiger charge is -2.11. The molecule has 0 fully saturated rings. The molecule has 0 N–H and O–H groups in total. The largest absolute Gasteiger partial charge is 0.485 e. The van der Waals surface area contributed by atoms with Gasteiger partial charge in [0.1, 0.15) is 12.4 Å². The van der Waals surface area contributed by atoms with Gasteiger partial charge in [0.05, 0.1) is 26.4 Å². The maximum absolute atomic E-state index is 11.0. The van der Waals surface area contributed by atoms with Crippen LogP contribution in [0, 0.1) is 6.92 Å². The molecule has 0 amide bonds. The molecule has 0 aliphatic rings. The number of aldehydes is 1. The minimum Gasteiger partial charge on any atom is -0.485 e. The highest BCUT2D eigenvalue weighted by Crippen LogP contribution is 2.30. The molecule has 1 aromatic heterocycles. The van der Waals surface area contributed by atoms with Gasteiger partial charge in [-0.3, -0.25) is 9.48 Å². The third-order valence-electron chi connectivity index (χ3n) is 2.93. The van der Waals surface area contributed by atoms with Gasteiger partial charge >= 0.3 is 0 Å². The van der Waals surface area contributed by atoms with Gasteiger partial charge in [0.2, 0.25) is 0 Å². The molecule has 1 aromatic carbocycles. The Bertz CT molecular complexity index is 640. The zero-order valence-electron chi connectivity index (χ0n) is 11.2. The van der Waals surface area contributed by atoms with Gasteiger partial charge in [0.15, 0.2) is 6.29 Å². The molecule has 0 unspecified atom stereocenters. The van der Waals surface area contributed by atoms with Crippen molar-refractivity contribution in [2.75, 3.05) is 0 Å². The Hall–Kier alpha value is -1.33. The monoisotopic (exact) mass is 356 g/mol. The number of nitrogens with zero attached hydrogens (tertiary/aromatic N) is 2. The van der Waals surface area contributed by atoms with E-state index in [1.807, 2.05) is 19.9 Å².